The summed E-state index contributed by atoms with van der Waals surface area (Å²) >= 11 is 0. The summed E-state index contributed by atoms with van der Waals surface area (Å²) in [6.45, 7) is 8.43. The molecule has 0 aliphatic carbocycles. The van der Waals surface area contributed by atoms with Crippen molar-refractivity contribution in [1.82, 2.24) is 9.55 Å². The second-order valence-corrected chi connectivity index (χ2v) is 7.26. The summed E-state index contributed by atoms with van der Waals surface area (Å²) in [7, 11) is 5.29. The van der Waals surface area contributed by atoms with Gasteiger partial charge in [-0.25, -0.2) is 9.98 Å². The predicted octanol–water partition coefficient (Wildman–Crippen LogP) is 4.82. The van der Waals surface area contributed by atoms with E-state index in [-0.39, 0.29) is 0 Å². The zero-order valence-electron chi connectivity index (χ0n) is 18.3. The minimum absolute atomic E-state index is 0.682. The lowest BCUT2D eigenvalue weighted by Crippen LogP contribution is -2.23. The molecule has 0 aliphatic rings. The van der Waals surface area contributed by atoms with Crippen molar-refractivity contribution in [2.24, 2.45) is 12.0 Å². The molecule has 0 aliphatic heterocycles. The monoisotopic (exact) mass is 391 g/mol. The predicted molar refractivity (Wildman–Crippen MR) is 117 cm³/mol. The molecule has 0 N–H and O–H groups in total. The molecule has 1 heterocycles. The Bertz CT molecular complexity index is 1090. The Kier molecular flexibility index (Phi) is 6.06. The van der Waals surface area contributed by atoms with Gasteiger partial charge >= 0.3 is 0 Å². The van der Waals surface area contributed by atoms with Crippen LogP contribution in [0.25, 0.3) is 11.3 Å². The standard InChI is InChI=1S/C24H29N3O2/c1-8-22-25-19(18-9-10-20(28-6)21(13-18)29-7)14-23(27(22)5)26-24-16(3)11-15(2)12-17(24)4/h9-14H,8H2,1-7H3. The van der Waals surface area contributed by atoms with E-state index in [1.165, 1.54) is 16.7 Å². The molecule has 0 fully saturated rings. The summed E-state index contributed by atoms with van der Waals surface area (Å²) < 4.78 is 12.9. The minimum Gasteiger partial charge on any atom is -0.493 e. The van der Waals surface area contributed by atoms with Crippen molar-refractivity contribution in [3.63, 3.8) is 0 Å². The molecule has 0 bridgehead atoms. The maximum atomic E-state index is 5.47. The molecule has 1 aromatic heterocycles. The molecule has 0 radical (unpaired) electrons. The third-order valence-electron chi connectivity index (χ3n) is 5.10. The topological polar surface area (TPSA) is 48.6 Å². The van der Waals surface area contributed by atoms with Crippen molar-refractivity contribution >= 4 is 5.69 Å². The summed E-state index contributed by atoms with van der Waals surface area (Å²) in [6.07, 6.45) is 0.812. The summed E-state index contributed by atoms with van der Waals surface area (Å²) in [6, 6.07) is 12.2. The van der Waals surface area contributed by atoms with Gasteiger partial charge in [-0.2, -0.15) is 0 Å². The van der Waals surface area contributed by atoms with Crippen LogP contribution in [-0.2, 0) is 13.5 Å². The van der Waals surface area contributed by atoms with Crippen LogP contribution in [-0.4, -0.2) is 23.8 Å². The van der Waals surface area contributed by atoms with Crippen LogP contribution in [0.2, 0.25) is 0 Å². The van der Waals surface area contributed by atoms with Crippen molar-refractivity contribution < 1.29 is 9.47 Å². The average Bonchev–Trinajstić information content (AvgIpc) is 2.71. The maximum Gasteiger partial charge on any atom is 0.161 e. The van der Waals surface area contributed by atoms with E-state index < -0.39 is 0 Å². The zero-order chi connectivity index (χ0) is 21.1. The van der Waals surface area contributed by atoms with Gasteiger partial charge in [-0.3, -0.25) is 0 Å². The zero-order valence-corrected chi connectivity index (χ0v) is 18.3. The number of methoxy groups -OCH3 is 2. The number of aromatic nitrogens is 2. The fourth-order valence-corrected chi connectivity index (χ4v) is 3.63. The molecule has 0 atom stereocenters. The van der Waals surface area contributed by atoms with Crippen molar-refractivity contribution in [2.75, 3.05) is 14.2 Å². The summed E-state index contributed by atoms with van der Waals surface area (Å²) in [4.78, 5) is 9.88. The highest BCUT2D eigenvalue weighted by atomic mass is 16.5. The maximum absolute atomic E-state index is 5.47. The lowest BCUT2D eigenvalue weighted by atomic mass is 10.1. The highest BCUT2D eigenvalue weighted by Crippen LogP contribution is 2.31. The molecule has 0 spiro atoms. The molecular weight excluding hydrogens is 362 g/mol. The van der Waals surface area contributed by atoms with Crippen LogP contribution in [0.15, 0.2) is 41.4 Å². The van der Waals surface area contributed by atoms with Crippen molar-refractivity contribution in [2.45, 2.75) is 34.1 Å². The summed E-state index contributed by atoms with van der Waals surface area (Å²) in [5.41, 5.74) is 7.30. The Morgan fingerprint density at radius 1 is 0.931 bits per heavy atom. The normalized spacial score (nSPS) is 11.6. The number of benzene rings is 2. The van der Waals surface area contributed by atoms with E-state index in [2.05, 4.69) is 44.4 Å². The Hall–Kier alpha value is -3.08. The first kappa shape index (κ1) is 20.6. The molecule has 3 aromatic rings. The van der Waals surface area contributed by atoms with Crippen molar-refractivity contribution in [3.8, 4) is 22.8 Å². The van der Waals surface area contributed by atoms with Gasteiger partial charge in [0.2, 0.25) is 0 Å². The lowest BCUT2D eigenvalue weighted by Gasteiger charge is -2.13. The Labute approximate surface area is 172 Å². The highest BCUT2D eigenvalue weighted by molar-refractivity contribution is 5.64. The first-order valence-electron chi connectivity index (χ1n) is 9.79. The Morgan fingerprint density at radius 3 is 2.17 bits per heavy atom. The van der Waals surface area contributed by atoms with Gasteiger partial charge in [0, 0.05) is 25.1 Å². The molecule has 0 unspecified atom stereocenters. The van der Waals surface area contributed by atoms with Crippen LogP contribution in [0, 0.1) is 20.8 Å². The quantitative estimate of drug-likeness (QED) is 0.626. The minimum atomic E-state index is 0.682. The third-order valence-corrected chi connectivity index (χ3v) is 5.10. The molecule has 0 saturated carbocycles. The van der Waals surface area contributed by atoms with Gasteiger partial charge in [0.25, 0.3) is 0 Å². The van der Waals surface area contributed by atoms with Crippen LogP contribution in [0.4, 0.5) is 5.69 Å². The molecule has 5 nitrogen and oxygen atoms in total. The first-order chi connectivity index (χ1) is 13.9. The number of rotatable bonds is 5. The van der Waals surface area contributed by atoms with Gasteiger partial charge in [0.05, 0.1) is 25.6 Å². The summed E-state index contributed by atoms with van der Waals surface area (Å²) in [5, 5.41) is 0. The Morgan fingerprint density at radius 2 is 1.59 bits per heavy atom. The second-order valence-electron chi connectivity index (χ2n) is 7.26. The van der Waals surface area contributed by atoms with E-state index in [1.54, 1.807) is 14.2 Å². The van der Waals surface area contributed by atoms with Crippen LogP contribution in [0.3, 0.4) is 0 Å². The third kappa shape index (κ3) is 4.19. The number of hydrogen-bond donors (Lipinski definition) is 0. The second kappa shape index (κ2) is 8.52. The molecule has 29 heavy (non-hydrogen) atoms. The van der Waals surface area contributed by atoms with Gasteiger partial charge in [-0.05, 0) is 50.1 Å². The first-order valence-corrected chi connectivity index (χ1v) is 9.79. The van der Waals surface area contributed by atoms with Gasteiger partial charge < -0.3 is 14.0 Å². The van der Waals surface area contributed by atoms with E-state index in [4.69, 9.17) is 19.5 Å². The van der Waals surface area contributed by atoms with Crippen LogP contribution >= 0.6 is 0 Å². The van der Waals surface area contributed by atoms with Crippen LogP contribution in [0.5, 0.6) is 11.5 Å². The SMILES string of the molecule is CCc1nc(-c2ccc(OC)c(OC)c2)cc(=Nc2c(C)cc(C)cc2C)n1C. The van der Waals surface area contributed by atoms with Crippen LogP contribution in [0.1, 0.15) is 29.4 Å². The summed E-state index contributed by atoms with van der Waals surface area (Å²) in [5.74, 6) is 2.35. The van der Waals surface area contributed by atoms with Crippen molar-refractivity contribution in [3.05, 3.63) is 64.4 Å². The molecule has 0 saturated heterocycles. The van der Waals surface area contributed by atoms with Gasteiger partial charge in [-0.15, -0.1) is 0 Å². The smallest absolute Gasteiger partial charge is 0.161 e. The highest BCUT2D eigenvalue weighted by Gasteiger charge is 2.11. The number of hydrogen-bond acceptors (Lipinski definition) is 4. The largest absolute Gasteiger partial charge is 0.493 e. The molecule has 0 amide bonds. The van der Waals surface area contributed by atoms with E-state index >= 15 is 0 Å². The molecule has 3 rings (SSSR count). The number of ether oxygens (including phenoxy) is 2. The molecular formula is C24H29N3O2. The van der Waals surface area contributed by atoms with E-state index in [1.807, 2.05) is 31.3 Å². The van der Waals surface area contributed by atoms with Crippen LogP contribution < -0.4 is 15.0 Å². The van der Waals surface area contributed by atoms with Gasteiger partial charge in [0.1, 0.15) is 11.3 Å². The molecule has 2 aromatic carbocycles. The number of aryl methyl sites for hydroxylation is 4. The van der Waals surface area contributed by atoms with Gasteiger partial charge in [0.15, 0.2) is 11.5 Å². The number of nitrogens with zero attached hydrogens (tertiary/aromatic N) is 3. The molecule has 152 valence electrons. The lowest BCUT2D eigenvalue weighted by molar-refractivity contribution is 0.355. The molecule has 5 heteroatoms. The fraction of sp³-hybridized carbons (Fsp3) is 0.333. The average molecular weight is 392 g/mol. The van der Waals surface area contributed by atoms with Gasteiger partial charge in [-0.1, -0.05) is 24.6 Å². The Balaban J connectivity index is 2.23. The van der Waals surface area contributed by atoms with Crippen molar-refractivity contribution in [1.29, 1.82) is 0 Å². The van der Waals surface area contributed by atoms with E-state index in [0.29, 0.717) is 11.5 Å². The van der Waals surface area contributed by atoms with E-state index in [9.17, 15) is 0 Å². The van der Waals surface area contributed by atoms with E-state index in [0.717, 1.165) is 34.7 Å². The fourth-order valence-electron chi connectivity index (χ4n) is 3.63.